The molecule has 1 unspecified atom stereocenters. The summed E-state index contributed by atoms with van der Waals surface area (Å²) < 4.78 is 15.7. The normalized spacial score (nSPS) is 10.2. The van der Waals surface area contributed by atoms with Gasteiger partial charge < -0.3 is 14.2 Å². The monoisotopic (exact) mass is 291 g/mol. The largest absolute Gasteiger partial charge is 0.496 e. The third kappa shape index (κ3) is 5.02. The number of carbonyl (C=O) groups is 1. The van der Waals surface area contributed by atoms with Crippen molar-refractivity contribution in [3.8, 4) is 17.2 Å². The fourth-order valence-electron chi connectivity index (χ4n) is 1.70. The maximum Gasteiger partial charge on any atom is 0.188 e. The summed E-state index contributed by atoms with van der Waals surface area (Å²) in [6, 6.07) is 3.42. The number of unbranched alkanes of at least 4 members (excludes halogenated alkanes) is 1. The van der Waals surface area contributed by atoms with E-state index in [4.69, 9.17) is 14.2 Å². The molecule has 0 N–H and O–H groups in total. The zero-order chi connectivity index (χ0) is 14.3. The molecule has 0 aliphatic heterocycles. The second-order valence-corrected chi connectivity index (χ2v) is 5.32. The first-order valence-corrected chi connectivity index (χ1v) is 7.46. The van der Waals surface area contributed by atoms with E-state index < -0.39 is 0 Å². The molecule has 6 heteroatoms. The predicted octanol–water partition coefficient (Wildman–Crippen LogP) is 2.95. The van der Waals surface area contributed by atoms with E-state index in [1.807, 2.05) is 0 Å². The molecule has 0 spiro atoms. The van der Waals surface area contributed by atoms with E-state index in [1.165, 1.54) is 0 Å². The zero-order valence-corrected chi connectivity index (χ0v) is 13.9. The molecular formula is C14H21LiO4P. The number of ether oxygens (including phenoxy) is 3. The first kappa shape index (κ1) is 19.3. The number of carbonyl (C=O) groups excluding carboxylic acids is 1. The summed E-state index contributed by atoms with van der Waals surface area (Å²) in [5.74, 6) is 1.62. The van der Waals surface area contributed by atoms with Gasteiger partial charge in [-0.15, -0.1) is 0 Å². The Morgan fingerprint density at radius 2 is 1.65 bits per heavy atom. The molecule has 0 saturated heterocycles. The van der Waals surface area contributed by atoms with Crippen LogP contribution < -0.4 is 14.2 Å². The van der Waals surface area contributed by atoms with Crippen LogP contribution in [0.3, 0.4) is 0 Å². The molecule has 1 atom stereocenters. The van der Waals surface area contributed by atoms with Gasteiger partial charge in [-0.25, -0.2) is 0 Å². The molecule has 1 aromatic rings. The molecule has 1 aromatic carbocycles. The number of benzene rings is 1. The molecule has 4 nitrogen and oxygen atoms in total. The van der Waals surface area contributed by atoms with Crippen molar-refractivity contribution in [2.24, 2.45) is 0 Å². The van der Waals surface area contributed by atoms with Crippen LogP contribution in [-0.2, 0) is 0 Å². The molecule has 0 aromatic heterocycles. The van der Waals surface area contributed by atoms with Gasteiger partial charge in [-0.05, 0) is 21.2 Å². The summed E-state index contributed by atoms with van der Waals surface area (Å²) >= 11 is 0. The molecule has 0 amide bonds. The van der Waals surface area contributed by atoms with Crippen LogP contribution in [0.2, 0.25) is 0 Å². The Kier molecular flexibility index (Phi) is 9.76. The van der Waals surface area contributed by atoms with Crippen molar-refractivity contribution in [2.45, 2.75) is 19.8 Å². The quantitative estimate of drug-likeness (QED) is 0.419. The second kappa shape index (κ2) is 10.1. The molecular weight excluding hydrogens is 270 g/mol. The molecule has 1 rings (SSSR count). The van der Waals surface area contributed by atoms with Crippen LogP contribution in [0.25, 0.3) is 0 Å². The van der Waals surface area contributed by atoms with Crippen molar-refractivity contribution in [2.75, 3.05) is 27.5 Å². The number of hydrogen-bond acceptors (Lipinski definition) is 4. The van der Waals surface area contributed by atoms with Crippen LogP contribution in [0.4, 0.5) is 0 Å². The minimum atomic E-state index is 0. The van der Waals surface area contributed by atoms with E-state index in [-0.39, 0.29) is 33.0 Å². The zero-order valence-electron chi connectivity index (χ0n) is 12.9. The molecule has 1 radical (unpaired) electrons. The van der Waals surface area contributed by atoms with Crippen LogP contribution in [0, 0.1) is 0 Å². The van der Waals surface area contributed by atoms with Crippen molar-refractivity contribution in [1.29, 1.82) is 0 Å². The Hall–Kier alpha value is -0.683. The van der Waals surface area contributed by atoms with Crippen molar-refractivity contribution in [3.05, 3.63) is 17.7 Å². The van der Waals surface area contributed by atoms with Gasteiger partial charge in [-0.1, -0.05) is 13.3 Å². The summed E-state index contributed by atoms with van der Waals surface area (Å²) in [4.78, 5) is 12.3. The van der Waals surface area contributed by atoms with E-state index in [1.54, 1.807) is 33.5 Å². The molecule has 0 aliphatic rings. The molecule has 0 heterocycles. The third-order valence-corrected chi connectivity index (χ3v) is 3.93. The Balaban J connectivity index is 0.00000361. The van der Waals surface area contributed by atoms with Gasteiger partial charge in [0.05, 0.1) is 21.3 Å². The van der Waals surface area contributed by atoms with E-state index in [0.717, 1.165) is 19.0 Å². The molecule has 0 bridgehead atoms. The van der Waals surface area contributed by atoms with Gasteiger partial charge in [0, 0.05) is 31.0 Å². The van der Waals surface area contributed by atoms with Crippen LogP contribution in [0.5, 0.6) is 17.2 Å². The van der Waals surface area contributed by atoms with Crippen molar-refractivity contribution < 1.29 is 19.0 Å². The summed E-state index contributed by atoms with van der Waals surface area (Å²) in [7, 11) is 4.90. The SMILES string of the molecule is CCCCPC(=O)c1c(OC)cc(OC)cc1OC.[Li]. The van der Waals surface area contributed by atoms with Gasteiger partial charge in [-0.2, -0.15) is 0 Å². The third-order valence-electron chi connectivity index (χ3n) is 2.76. The minimum absolute atomic E-state index is 0. The first-order valence-electron chi connectivity index (χ1n) is 6.26. The van der Waals surface area contributed by atoms with Crippen LogP contribution in [0.1, 0.15) is 30.1 Å². The van der Waals surface area contributed by atoms with E-state index in [9.17, 15) is 4.79 Å². The smallest absolute Gasteiger partial charge is 0.188 e. The molecule has 0 aliphatic carbocycles. The summed E-state index contributed by atoms with van der Waals surface area (Å²) in [6.45, 7) is 2.11. The predicted molar refractivity (Wildman–Crippen MR) is 84.3 cm³/mol. The van der Waals surface area contributed by atoms with Crippen LogP contribution in [-0.4, -0.2) is 51.9 Å². The number of rotatable bonds is 8. The molecule has 20 heavy (non-hydrogen) atoms. The maximum atomic E-state index is 12.3. The van der Waals surface area contributed by atoms with Gasteiger partial charge >= 0.3 is 0 Å². The van der Waals surface area contributed by atoms with Crippen molar-refractivity contribution >= 4 is 33.0 Å². The van der Waals surface area contributed by atoms with Gasteiger partial charge in [0.2, 0.25) is 0 Å². The summed E-state index contributed by atoms with van der Waals surface area (Å²) in [5.41, 5.74) is 0.588. The van der Waals surface area contributed by atoms with Crippen LogP contribution >= 0.6 is 8.58 Å². The molecule has 107 valence electrons. The average Bonchev–Trinajstić information content (AvgIpc) is 2.45. The van der Waals surface area contributed by atoms with E-state index >= 15 is 0 Å². The van der Waals surface area contributed by atoms with Crippen molar-refractivity contribution in [1.82, 2.24) is 0 Å². The standard InChI is InChI=1S/C14H21O4P.Li/c1-5-6-7-19-14(15)13-11(17-3)8-10(16-2)9-12(13)18-4;/h8-9,19H,5-7H2,1-4H3;. The van der Waals surface area contributed by atoms with Crippen molar-refractivity contribution in [3.63, 3.8) is 0 Å². The van der Waals surface area contributed by atoms with Gasteiger partial charge in [0.1, 0.15) is 22.8 Å². The second-order valence-electron chi connectivity index (χ2n) is 4.02. The number of methoxy groups -OCH3 is 3. The van der Waals surface area contributed by atoms with E-state index in [0.29, 0.717) is 22.8 Å². The maximum absolute atomic E-state index is 12.3. The summed E-state index contributed by atoms with van der Waals surface area (Å²) in [5, 5.41) is 0. The van der Waals surface area contributed by atoms with Gasteiger partial charge in [0.25, 0.3) is 0 Å². The Morgan fingerprint density at radius 1 is 1.10 bits per heavy atom. The fourth-order valence-corrected chi connectivity index (χ4v) is 2.88. The topological polar surface area (TPSA) is 44.8 Å². The molecule has 0 fully saturated rings. The number of hydrogen-bond donors (Lipinski definition) is 0. The Labute approximate surface area is 134 Å². The van der Waals surface area contributed by atoms with Gasteiger partial charge in [0.15, 0.2) is 5.52 Å². The molecule has 0 saturated carbocycles. The summed E-state index contributed by atoms with van der Waals surface area (Å²) in [6.07, 6.45) is 3.07. The van der Waals surface area contributed by atoms with E-state index in [2.05, 4.69) is 6.92 Å². The average molecular weight is 291 g/mol. The van der Waals surface area contributed by atoms with Crippen LogP contribution in [0.15, 0.2) is 12.1 Å². The minimum Gasteiger partial charge on any atom is -0.496 e. The first-order chi connectivity index (χ1) is 9.17. The Bertz CT molecular complexity index is 412. The Morgan fingerprint density at radius 3 is 2.05 bits per heavy atom. The van der Waals surface area contributed by atoms with Gasteiger partial charge in [-0.3, -0.25) is 4.79 Å². The fraction of sp³-hybridized carbons (Fsp3) is 0.500.